The van der Waals surface area contributed by atoms with Crippen LogP contribution in [0.5, 0.6) is 11.5 Å². The predicted octanol–water partition coefficient (Wildman–Crippen LogP) is 5.45. The van der Waals surface area contributed by atoms with Crippen LogP contribution < -0.4 is 9.47 Å². The highest BCUT2D eigenvalue weighted by molar-refractivity contribution is 5.92. The van der Waals surface area contributed by atoms with Crippen LogP contribution >= 0.6 is 0 Å². The summed E-state index contributed by atoms with van der Waals surface area (Å²) in [5.74, 6) is -1.26. The average Bonchev–Trinajstić information content (AvgIpc) is 2.99. The molecular weight excluding hydrogens is 548 g/mol. The quantitative estimate of drug-likeness (QED) is 0.0947. The number of carbonyl (C=O) groups excluding carboxylic acids is 4. The normalized spacial score (nSPS) is 10.2. The number of ether oxygens (including phenoxy) is 4. The number of hydrogen-bond acceptors (Lipinski definition) is 14. The van der Waals surface area contributed by atoms with E-state index in [2.05, 4.69) is 29.6 Å². The van der Waals surface area contributed by atoms with E-state index in [1.165, 1.54) is 26.4 Å². The summed E-state index contributed by atoms with van der Waals surface area (Å²) >= 11 is 0. The van der Waals surface area contributed by atoms with Crippen molar-refractivity contribution in [3.63, 3.8) is 0 Å². The molecule has 0 aliphatic heterocycles. The molecule has 0 heterocycles. The number of benzene rings is 2. The molecule has 14 heteroatoms. The van der Waals surface area contributed by atoms with Gasteiger partial charge in [0, 0.05) is 0 Å². The Morgan fingerprint density at radius 1 is 0.512 bits per heavy atom. The van der Waals surface area contributed by atoms with Gasteiger partial charge in [-0.15, -0.1) is 0 Å². The Hall–Kier alpha value is -4.56. The van der Waals surface area contributed by atoms with Crippen molar-refractivity contribution in [2.24, 2.45) is 0 Å². The van der Waals surface area contributed by atoms with Crippen LogP contribution in [0.4, 0.5) is 9.59 Å². The molecule has 0 fully saturated rings. The van der Waals surface area contributed by atoms with Crippen molar-refractivity contribution in [2.75, 3.05) is 27.4 Å². The Kier molecular flexibility index (Phi) is 15.5. The second-order valence-electron chi connectivity index (χ2n) is 8.12. The first kappa shape index (κ1) is 32.7. The van der Waals surface area contributed by atoms with Gasteiger partial charge in [0.25, 0.3) is 0 Å². The Morgan fingerprint density at radius 3 is 1.27 bits per heavy atom. The van der Waals surface area contributed by atoms with E-state index in [0.29, 0.717) is 12.8 Å². The van der Waals surface area contributed by atoms with Gasteiger partial charge in [-0.25, -0.2) is 29.0 Å². The number of para-hydroxylation sites is 2. The molecule has 41 heavy (non-hydrogen) atoms. The summed E-state index contributed by atoms with van der Waals surface area (Å²) in [6.07, 6.45) is 3.28. The fraction of sp³-hybridized carbons (Fsp3) is 0.407. The maximum absolute atomic E-state index is 11.9. The van der Waals surface area contributed by atoms with Gasteiger partial charge < -0.3 is 18.9 Å². The number of methoxy groups -OCH3 is 2. The highest BCUT2D eigenvalue weighted by Crippen LogP contribution is 2.19. The predicted molar refractivity (Wildman–Crippen MR) is 136 cm³/mol. The van der Waals surface area contributed by atoms with Crippen LogP contribution in [0.15, 0.2) is 48.5 Å². The first-order valence-corrected chi connectivity index (χ1v) is 12.7. The fourth-order valence-electron chi connectivity index (χ4n) is 3.31. The van der Waals surface area contributed by atoms with Gasteiger partial charge in [-0.1, -0.05) is 56.4 Å². The van der Waals surface area contributed by atoms with Crippen LogP contribution in [0.1, 0.15) is 65.7 Å². The van der Waals surface area contributed by atoms with Gasteiger partial charge in [0.15, 0.2) is 0 Å². The highest BCUT2D eigenvalue weighted by Gasteiger charge is 2.17. The number of hydrogen-bond donors (Lipinski definition) is 0. The van der Waals surface area contributed by atoms with E-state index in [4.69, 9.17) is 18.9 Å². The minimum absolute atomic E-state index is 0.0949. The lowest BCUT2D eigenvalue weighted by molar-refractivity contribution is -0.452. The maximum atomic E-state index is 11.9. The summed E-state index contributed by atoms with van der Waals surface area (Å²) in [5, 5.41) is 8.34. The van der Waals surface area contributed by atoms with Crippen LogP contribution in [0, 0.1) is 0 Å². The molecule has 0 atom stereocenters. The lowest BCUT2D eigenvalue weighted by atomic mass is 10.1. The summed E-state index contributed by atoms with van der Waals surface area (Å²) in [6.45, 7) is 0.212. The van der Waals surface area contributed by atoms with Crippen LogP contribution in [-0.4, -0.2) is 51.7 Å². The van der Waals surface area contributed by atoms with Crippen LogP contribution in [0.3, 0.4) is 0 Å². The molecule has 0 saturated carbocycles. The molecule has 0 radical (unpaired) electrons. The van der Waals surface area contributed by atoms with Crippen LogP contribution in [-0.2, 0) is 39.1 Å². The molecule has 0 unspecified atom stereocenters. The van der Waals surface area contributed by atoms with Gasteiger partial charge in [0.2, 0.25) is 0 Å². The molecule has 0 aliphatic carbocycles. The van der Waals surface area contributed by atoms with Crippen molar-refractivity contribution in [1.29, 1.82) is 0 Å². The third-order valence-corrected chi connectivity index (χ3v) is 5.31. The van der Waals surface area contributed by atoms with Crippen molar-refractivity contribution >= 4 is 24.2 Å². The Bertz CT molecular complexity index is 1020. The lowest BCUT2D eigenvalue weighted by Crippen LogP contribution is -2.13. The van der Waals surface area contributed by atoms with Gasteiger partial charge in [0.1, 0.15) is 22.6 Å². The molecule has 14 nitrogen and oxygen atoms in total. The van der Waals surface area contributed by atoms with Gasteiger partial charge >= 0.3 is 24.2 Å². The van der Waals surface area contributed by atoms with Gasteiger partial charge in [-0.3, -0.25) is 9.78 Å². The first-order valence-electron chi connectivity index (χ1n) is 12.7. The summed E-state index contributed by atoms with van der Waals surface area (Å²) in [5.41, 5.74) is 0.190. The third-order valence-electron chi connectivity index (χ3n) is 5.31. The van der Waals surface area contributed by atoms with E-state index in [9.17, 15) is 19.2 Å². The maximum Gasteiger partial charge on any atom is 0.543 e. The van der Waals surface area contributed by atoms with Gasteiger partial charge in [0.05, 0.1) is 37.5 Å². The van der Waals surface area contributed by atoms with Crippen molar-refractivity contribution < 1.29 is 67.8 Å². The topological polar surface area (TPSA) is 161 Å². The number of unbranched alkanes of at least 4 members (excludes halogenated alkanes) is 6. The molecule has 2 rings (SSSR count). The van der Waals surface area contributed by atoms with Crippen LogP contribution in [0.25, 0.3) is 0 Å². The van der Waals surface area contributed by atoms with E-state index in [1.54, 1.807) is 36.4 Å². The van der Waals surface area contributed by atoms with Gasteiger partial charge in [-0.05, 0) is 37.1 Å². The largest absolute Gasteiger partial charge is 0.543 e. The molecule has 0 N–H and O–H groups in total. The molecule has 0 bridgehead atoms. The number of carbonyl (C=O) groups is 4. The van der Waals surface area contributed by atoms with E-state index in [0.717, 1.165) is 32.1 Å². The van der Waals surface area contributed by atoms with Crippen molar-refractivity contribution in [3.05, 3.63) is 59.7 Å². The van der Waals surface area contributed by atoms with Crippen molar-refractivity contribution in [3.8, 4) is 11.5 Å². The Morgan fingerprint density at radius 2 is 0.878 bits per heavy atom. The zero-order chi connectivity index (χ0) is 29.7. The Balaban J connectivity index is 1.38. The average molecular weight is 581 g/mol. The molecule has 0 amide bonds. The molecule has 2 aromatic rings. The van der Waals surface area contributed by atoms with E-state index in [-0.39, 0.29) is 35.8 Å². The van der Waals surface area contributed by atoms with E-state index < -0.39 is 24.2 Å². The monoisotopic (exact) mass is 580 g/mol. The zero-order valence-corrected chi connectivity index (χ0v) is 22.7. The van der Waals surface area contributed by atoms with E-state index >= 15 is 0 Å². The SMILES string of the molecule is COc1ccccc1C(=O)OOOC(=O)OCCCCCCCCCOC(=O)OOOC(=O)c1ccccc1OC. The van der Waals surface area contributed by atoms with Gasteiger partial charge in [-0.2, -0.15) is 0 Å². The number of rotatable bonds is 18. The minimum atomic E-state index is -1.14. The summed E-state index contributed by atoms with van der Waals surface area (Å²) in [7, 11) is 2.79. The first-order chi connectivity index (χ1) is 20.0. The fourth-order valence-corrected chi connectivity index (χ4v) is 3.31. The standard InChI is InChI=1S/C27H32O14/c1-32-22-16-10-8-14-20(22)24(28)36-40-38-26(30)34-18-12-6-4-3-5-7-13-19-35-27(31)39-41-37-25(29)21-15-9-11-17-23(21)33-2/h8-11,14-17H,3-7,12-13,18-19H2,1-2H3. The molecule has 2 aromatic carbocycles. The molecule has 224 valence electrons. The van der Waals surface area contributed by atoms with Crippen LogP contribution in [0.2, 0.25) is 0 Å². The molecule has 0 spiro atoms. The molecular formula is C27H32O14. The van der Waals surface area contributed by atoms with Crippen molar-refractivity contribution in [1.82, 2.24) is 0 Å². The lowest BCUT2D eigenvalue weighted by Gasteiger charge is -2.07. The molecule has 0 aliphatic rings. The highest BCUT2D eigenvalue weighted by atomic mass is 17.5. The zero-order valence-electron chi connectivity index (χ0n) is 22.7. The smallest absolute Gasteiger partial charge is 0.496 e. The Labute approximate surface area is 235 Å². The molecule has 0 saturated heterocycles. The minimum Gasteiger partial charge on any atom is -0.496 e. The summed E-state index contributed by atoms with van der Waals surface area (Å²) in [4.78, 5) is 64.0. The second kappa shape index (κ2) is 19.5. The third kappa shape index (κ3) is 12.9. The second-order valence-corrected chi connectivity index (χ2v) is 8.12. The summed E-state index contributed by atoms with van der Waals surface area (Å²) < 4.78 is 19.7. The summed E-state index contributed by atoms with van der Waals surface area (Å²) in [6, 6.07) is 12.6. The van der Waals surface area contributed by atoms with E-state index in [1.807, 2.05) is 0 Å². The molecule has 0 aromatic heterocycles. The van der Waals surface area contributed by atoms with Crippen molar-refractivity contribution in [2.45, 2.75) is 44.9 Å².